The van der Waals surface area contributed by atoms with E-state index in [4.69, 9.17) is 0 Å². The highest BCUT2D eigenvalue weighted by atomic mass is 19.1. The van der Waals surface area contributed by atoms with Crippen molar-refractivity contribution in [3.05, 3.63) is 65.7 Å². The molecule has 2 aromatic carbocycles. The average Bonchev–Trinajstić information content (AvgIpc) is 2.49. The molecule has 0 spiro atoms. The van der Waals surface area contributed by atoms with Crippen molar-refractivity contribution < 1.29 is 13.6 Å². The van der Waals surface area contributed by atoms with Gasteiger partial charge >= 0.3 is 0 Å². The fraction of sp³-hybridized carbons (Fsp3) is 0.188. The van der Waals surface area contributed by atoms with E-state index in [1.54, 1.807) is 24.3 Å². The van der Waals surface area contributed by atoms with E-state index in [9.17, 15) is 13.6 Å². The predicted molar refractivity (Wildman–Crippen MR) is 78.0 cm³/mol. The van der Waals surface area contributed by atoms with Crippen molar-refractivity contribution in [1.29, 1.82) is 0 Å². The van der Waals surface area contributed by atoms with Crippen LogP contribution in [-0.4, -0.2) is 19.0 Å². The largest absolute Gasteiger partial charge is 0.376 e. The quantitative estimate of drug-likeness (QED) is 0.859. The van der Waals surface area contributed by atoms with Gasteiger partial charge in [0.15, 0.2) is 0 Å². The summed E-state index contributed by atoms with van der Waals surface area (Å²) >= 11 is 0. The van der Waals surface area contributed by atoms with Gasteiger partial charge in [-0.05, 0) is 48.4 Å². The molecule has 0 saturated heterocycles. The van der Waals surface area contributed by atoms with E-state index in [0.717, 1.165) is 5.56 Å². The molecule has 0 bridgehead atoms. The van der Waals surface area contributed by atoms with Crippen LogP contribution in [0.1, 0.15) is 5.56 Å². The van der Waals surface area contributed by atoms with Crippen LogP contribution in [-0.2, 0) is 11.2 Å². The smallest absolute Gasteiger partial charge is 0.239 e. The van der Waals surface area contributed by atoms with Crippen LogP contribution in [0.2, 0.25) is 0 Å². The first kappa shape index (κ1) is 15.0. The van der Waals surface area contributed by atoms with Crippen LogP contribution in [0, 0.1) is 11.6 Å². The van der Waals surface area contributed by atoms with Crippen LogP contribution in [0.4, 0.5) is 14.5 Å². The minimum atomic E-state index is -0.315. The highest BCUT2D eigenvalue weighted by Gasteiger charge is 2.01. The average molecular weight is 290 g/mol. The summed E-state index contributed by atoms with van der Waals surface area (Å²) in [5.74, 6) is -0.739. The summed E-state index contributed by atoms with van der Waals surface area (Å²) in [4.78, 5) is 11.6. The van der Waals surface area contributed by atoms with E-state index in [0.29, 0.717) is 18.7 Å². The van der Waals surface area contributed by atoms with E-state index in [2.05, 4.69) is 10.6 Å². The number of halogens is 2. The molecule has 0 aromatic heterocycles. The number of benzene rings is 2. The fourth-order valence-corrected chi connectivity index (χ4v) is 1.81. The van der Waals surface area contributed by atoms with Gasteiger partial charge in [-0.2, -0.15) is 0 Å². The second-order valence-electron chi connectivity index (χ2n) is 4.59. The molecule has 0 unspecified atom stereocenters. The van der Waals surface area contributed by atoms with Crippen LogP contribution >= 0.6 is 0 Å². The van der Waals surface area contributed by atoms with E-state index < -0.39 is 0 Å². The van der Waals surface area contributed by atoms with Gasteiger partial charge in [-0.25, -0.2) is 8.78 Å². The molecule has 0 heterocycles. The summed E-state index contributed by atoms with van der Waals surface area (Å²) in [6, 6.07) is 12.0. The van der Waals surface area contributed by atoms with Crippen LogP contribution < -0.4 is 10.6 Å². The maximum absolute atomic E-state index is 12.7. The first-order valence-corrected chi connectivity index (χ1v) is 6.64. The van der Waals surface area contributed by atoms with E-state index in [-0.39, 0.29) is 24.1 Å². The number of hydrogen-bond acceptors (Lipinski definition) is 2. The molecule has 0 radical (unpaired) electrons. The van der Waals surface area contributed by atoms with Crippen molar-refractivity contribution in [3.8, 4) is 0 Å². The zero-order chi connectivity index (χ0) is 15.1. The first-order chi connectivity index (χ1) is 10.1. The number of carbonyl (C=O) groups is 1. The van der Waals surface area contributed by atoms with Crippen LogP contribution in [0.5, 0.6) is 0 Å². The van der Waals surface area contributed by atoms with Gasteiger partial charge in [-0.3, -0.25) is 4.79 Å². The van der Waals surface area contributed by atoms with Crippen molar-refractivity contribution >= 4 is 11.6 Å². The monoisotopic (exact) mass is 290 g/mol. The standard InChI is InChI=1S/C16H16F2N2O/c17-13-3-1-12(2-4-13)9-10-19-16(21)11-20-15-7-5-14(18)6-8-15/h1-8,20H,9-11H2,(H,19,21). The van der Waals surface area contributed by atoms with Crippen molar-refractivity contribution in [2.24, 2.45) is 0 Å². The van der Waals surface area contributed by atoms with E-state index >= 15 is 0 Å². The molecule has 2 N–H and O–H groups in total. The Morgan fingerprint density at radius 2 is 1.48 bits per heavy atom. The Hall–Kier alpha value is -2.43. The highest BCUT2D eigenvalue weighted by molar-refractivity contribution is 5.80. The number of anilines is 1. The number of nitrogens with one attached hydrogen (secondary N) is 2. The number of hydrogen-bond donors (Lipinski definition) is 2. The molecule has 0 aliphatic heterocycles. The lowest BCUT2D eigenvalue weighted by atomic mass is 10.1. The summed E-state index contributed by atoms with van der Waals surface area (Å²) in [6.45, 7) is 0.602. The molecule has 2 aromatic rings. The topological polar surface area (TPSA) is 41.1 Å². The number of rotatable bonds is 6. The normalized spacial score (nSPS) is 10.2. The minimum absolute atomic E-state index is 0.120. The Bertz CT molecular complexity index is 582. The molecule has 1 amide bonds. The Morgan fingerprint density at radius 3 is 2.10 bits per heavy atom. The van der Waals surface area contributed by atoms with Crippen molar-refractivity contribution in [2.75, 3.05) is 18.4 Å². The molecule has 0 saturated carbocycles. The molecular formula is C16H16F2N2O. The second kappa shape index (κ2) is 7.38. The van der Waals surface area contributed by atoms with E-state index in [1.807, 2.05) is 0 Å². The molecule has 21 heavy (non-hydrogen) atoms. The van der Waals surface area contributed by atoms with Gasteiger partial charge in [0.2, 0.25) is 5.91 Å². The third kappa shape index (κ3) is 5.22. The molecular weight excluding hydrogens is 274 g/mol. The molecule has 2 rings (SSSR count). The summed E-state index contributed by atoms with van der Waals surface area (Å²) in [7, 11) is 0. The zero-order valence-corrected chi connectivity index (χ0v) is 11.4. The third-order valence-corrected chi connectivity index (χ3v) is 2.95. The predicted octanol–water partition coefficient (Wildman–Crippen LogP) is 2.74. The lowest BCUT2D eigenvalue weighted by molar-refractivity contribution is -0.119. The van der Waals surface area contributed by atoms with Gasteiger partial charge in [0, 0.05) is 12.2 Å². The van der Waals surface area contributed by atoms with Gasteiger partial charge in [-0.15, -0.1) is 0 Å². The van der Waals surface area contributed by atoms with Crippen molar-refractivity contribution in [1.82, 2.24) is 5.32 Å². The molecule has 3 nitrogen and oxygen atoms in total. The molecule has 0 aliphatic rings. The summed E-state index contributed by atoms with van der Waals surface area (Å²) in [5.41, 5.74) is 1.65. The Balaban J connectivity index is 1.67. The zero-order valence-electron chi connectivity index (χ0n) is 11.4. The second-order valence-corrected chi connectivity index (χ2v) is 4.59. The van der Waals surface area contributed by atoms with Crippen LogP contribution in [0.15, 0.2) is 48.5 Å². The van der Waals surface area contributed by atoms with Crippen molar-refractivity contribution in [2.45, 2.75) is 6.42 Å². The van der Waals surface area contributed by atoms with Crippen LogP contribution in [0.3, 0.4) is 0 Å². The Kier molecular flexibility index (Phi) is 5.26. The molecule has 5 heteroatoms. The molecule has 110 valence electrons. The Labute approximate surface area is 122 Å². The lowest BCUT2D eigenvalue weighted by Crippen LogP contribution is -2.31. The van der Waals surface area contributed by atoms with Gasteiger partial charge < -0.3 is 10.6 Å². The summed E-state index contributed by atoms with van der Waals surface area (Å²) in [6.07, 6.45) is 0.641. The lowest BCUT2D eigenvalue weighted by Gasteiger charge is -2.08. The first-order valence-electron chi connectivity index (χ1n) is 6.64. The van der Waals surface area contributed by atoms with Gasteiger partial charge in [0.05, 0.1) is 6.54 Å². The maximum atomic E-state index is 12.7. The third-order valence-electron chi connectivity index (χ3n) is 2.95. The number of amides is 1. The minimum Gasteiger partial charge on any atom is -0.376 e. The van der Waals surface area contributed by atoms with Crippen LogP contribution in [0.25, 0.3) is 0 Å². The fourth-order valence-electron chi connectivity index (χ4n) is 1.81. The van der Waals surface area contributed by atoms with Gasteiger partial charge in [0.1, 0.15) is 11.6 Å². The van der Waals surface area contributed by atoms with E-state index in [1.165, 1.54) is 24.3 Å². The van der Waals surface area contributed by atoms with Gasteiger partial charge in [-0.1, -0.05) is 12.1 Å². The Morgan fingerprint density at radius 1 is 0.905 bits per heavy atom. The highest BCUT2D eigenvalue weighted by Crippen LogP contribution is 2.07. The van der Waals surface area contributed by atoms with Crippen molar-refractivity contribution in [3.63, 3.8) is 0 Å². The number of carbonyl (C=O) groups excluding carboxylic acids is 1. The van der Waals surface area contributed by atoms with Gasteiger partial charge in [0.25, 0.3) is 0 Å². The molecule has 0 atom stereocenters. The molecule has 0 fully saturated rings. The summed E-state index contributed by atoms with van der Waals surface area (Å²) < 4.78 is 25.4. The molecule has 0 aliphatic carbocycles. The maximum Gasteiger partial charge on any atom is 0.239 e. The SMILES string of the molecule is O=C(CNc1ccc(F)cc1)NCCc1ccc(F)cc1. The summed E-state index contributed by atoms with van der Waals surface area (Å²) in [5, 5.41) is 5.66.